The van der Waals surface area contributed by atoms with Crippen LogP contribution in [0.1, 0.15) is 49.3 Å². The van der Waals surface area contributed by atoms with Gasteiger partial charge in [0.15, 0.2) is 6.61 Å². The van der Waals surface area contributed by atoms with Gasteiger partial charge in [-0.2, -0.15) is 0 Å². The number of carboxylic acids is 1. The molecule has 1 amide bonds. The van der Waals surface area contributed by atoms with Gasteiger partial charge in [0, 0.05) is 16.5 Å². The van der Waals surface area contributed by atoms with Crippen LogP contribution in [-0.2, 0) is 22.4 Å². The number of ether oxygens (including phenoxy) is 1. The number of benzene rings is 1. The minimum atomic E-state index is -1.07. The fourth-order valence-electron chi connectivity index (χ4n) is 3.71. The Morgan fingerprint density at radius 1 is 1.25 bits per heavy atom. The van der Waals surface area contributed by atoms with Gasteiger partial charge in [-0.1, -0.05) is 13.3 Å². The monoisotopic (exact) mass is 387 g/mol. The molecule has 1 aliphatic carbocycles. The number of carbonyl (C=O) groups is 2. The molecule has 0 unspecified atom stereocenters. The van der Waals surface area contributed by atoms with E-state index >= 15 is 0 Å². The predicted octanol–water partition coefficient (Wildman–Crippen LogP) is 2.73. The molecule has 1 aromatic heterocycles. The van der Waals surface area contributed by atoms with Gasteiger partial charge in [0.2, 0.25) is 0 Å². The molecule has 0 aliphatic heterocycles. The molecule has 1 heterocycles. The van der Waals surface area contributed by atoms with Crippen LogP contribution >= 0.6 is 0 Å². The summed E-state index contributed by atoms with van der Waals surface area (Å²) in [6.45, 7) is 3.32. The molecular formula is C21H25NO6. The Bertz CT molecular complexity index is 962. The molecule has 1 atom stereocenters. The molecule has 2 aromatic rings. The highest BCUT2D eigenvalue weighted by Gasteiger charge is 2.21. The van der Waals surface area contributed by atoms with E-state index in [1.807, 2.05) is 13.0 Å². The van der Waals surface area contributed by atoms with Gasteiger partial charge in [-0.15, -0.1) is 0 Å². The number of nitrogens with one attached hydrogen (secondary N) is 1. The minimum Gasteiger partial charge on any atom is -0.483 e. The van der Waals surface area contributed by atoms with Gasteiger partial charge in [0.25, 0.3) is 5.91 Å². The van der Waals surface area contributed by atoms with Gasteiger partial charge in [-0.05, 0) is 56.7 Å². The van der Waals surface area contributed by atoms with E-state index in [0.29, 0.717) is 29.7 Å². The van der Waals surface area contributed by atoms with Crippen molar-refractivity contribution in [1.29, 1.82) is 0 Å². The molecule has 0 radical (unpaired) electrons. The van der Waals surface area contributed by atoms with Gasteiger partial charge in [-0.3, -0.25) is 4.79 Å². The summed E-state index contributed by atoms with van der Waals surface area (Å²) >= 11 is 0. The Labute approximate surface area is 162 Å². The molecule has 0 bridgehead atoms. The van der Waals surface area contributed by atoms with Gasteiger partial charge >= 0.3 is 11.6 Å². The summed E-state index contributed by atoms with van der Waals surface area (Å²) in [6, 6.07) is 2.70. The average Bonchev–Trinajstić information content (AvgIpc) is 2.68. The van der Waals surface area contributed by atoms with E-state index in [-0.39, 0.29) is 12.2 Å². The number of aryl methyl sites for hydroxylation is 2. The molecule has 1 aliphatic rings. The molecule has 0 saturated carbocycles. The van der Waals surface area contributed by atoms with E-state index in [4.69, 9.17) is 14.3 Å². The quantitative estimate of drug-likeness (QED) is 0.708. The topological polar surface area (TPSA) is 106 Å². The molecule has 0 fully saturated rings. The van der Waals surface area contributed by atoms with Crippen molar-refractivity contribution in [2.24, 2.45) is 0 Å². The van der Waals surface area contributed by atoms with E-state index in [2.05, 4.69) is 5.32 Å². The Hall–Kier alpha value is -2.83. The number of carboxylic acid groups (broad SMARTS) is 1. The number of carbonyl (C=O) groups excluding carboxylic acids is 1. The summed E-state index contributed by atoms with van der Waals surface area (Å²) in [5.41, 5.74) is 2.65. The SMILES string of the molecule is CCC[C@@H](NC(=O)COc1ccc2c3c(c(=O)oc2c1C)CCCC3)C(=O)O. The van der Waals surface area contributed by atoms with E-state index < -0.39 is 17.9 Å². The summed E-state index contributed by atoms with van der Waals surface area (Å²) in [6.07, 6.45) is 4.64. The van der Waals surface area contributed by atoms with Crippen molar-refractivity contribution in [3.8, 4) is 5.75 Å². The molecule has 3 rings (SSSR count). The molecule has 150 valence electrons. The Morgan fingerprint density at radius 2 is 1.96 bits per heavy atom. The van der Waals surface area contributed by atoms with Crippen LogP contribution in [0.4, 0.5) is 0 Å². The van der Waals surface area contributed by atoms with Crippen molar-refractivity contribution >= 4 is 22.8 Å². The van der Waals surface area contributed by atoms with Crippen LogP contribution in [-0.4, -0.2) is 29.6 Å². The summed E-state index contributed by atoms with van der Waals surface area (Å²) in [4.78, 5) is 35.5. The highest BCUT2D eigenvalue weighted by atomic mass is 16.5. The van der Waals surface area contributed by atoms with Crippen molar-refractivity contribution in [3.05, 3.63) is 39.2 Å². The van der Waals surface area contributed by atoms with Gasteiger partial charge < -0.3 is 19.6 Å². The first-order valence-electron chi connectivity index (χ1n) is 9.65. The van der Waals surface area contributed by atoms with E-state index in [1.165, 1.54) is 0 Å². The maximum Gasteiger partial charge on any atom is 0.339 e. The van der Waals surface area contributed by atoms with E-state index in [1.54, 1.807) is 13.0 Å². The number of hydrogen-bond donors (Lipinski definition) is 2. The average molecular weight is 387 g/mol. The second-order valence-corrected chi connectivity index (χ2v) is 7.15. The molecule has 7 heteroatoms. The van der Waals surface area contributed by atoms with Crippen molar-refractivity contribution in [3.63, 3.8) is 0 Å². The molecule has 1 aromatic carbocycles. The lowest BCUT2D eigenvalue weighted by molar-refractivity contribution is -0.142. The highest BCUT2D eigenvalue weighted by Crippen LogP contribution is 2.32. The summed E-state index contributed by atoms with van der Waals surface area (Å²) in [7, 11) is 0. The van der Waals surface area contributed by atoms with Crippen LogP contribution < -0.4 is 15.7 Å². The lowest BCUT2D eigenvalue weighted by Crippen LogP contribution is -2.42. The van der Waals surface area contributed by atoms with Gasteiger partial charge in [0.05, 0.1) is 0 Å². The predicted molar refractivity (Wildman–Crippen MR) is 104 cm³/mol. The fourth-order valence-corrected chi connectivity index (χ4v) is 3.71. The van der Waals surface area contributed by atoms with Crippen LogP contribution in [0.3, 0.4) is 0 Å². The smallest absolute Gasteiger partial charge is 0.339 e. The number of amides is 1. The van der Waals surface area contributed by atoms with Gasteiger partial charge in [0.1, 0.15) is 17.4 Å². The standard InChI is InChI=1S/C21H25NO6/c1-3-6-16(20(24)25)22-18(23)11-27-17-10-9-14-13-7-4-5-8-15(13)21(26)28-19(14)12(17)2/h9-10,16H,3-8,11H2,1-2H3,(H,22,23)(H,24,25)/t16-/m1/s1. The largest absolute Gasteiger partial charge is 0.483 e. The number of hydrogen-bond acceptors (Lipinski definition) is 5. The summed E-state index contributed by atoms with van der Waals surface area (Å²) in [5.74, 6) is -1.14. The van der Waals surface area contributed by atoms with Crippen LogP contribution in [0, 0.1) is 6.92 Å². The minimum absolute atomic E-state index is 0.302. The first-order chi connectivity index (χ1) is 13.4. The lowest BCUT2D eigenvalue weighted by Gasteiger charge is -2.18. The zero-order chi connectivity index (χ0) is 20.3. The number of rotatable bonds is 7. The number of fused-ring (bicyclic) bond motifs is 3. The van der Waals surface area contributed by atoms with E-state index in [9.17, 15) is 14.4 Å². The lowest BCUT2D eigenvalue weighted by atomic mass is 9.90. The molecular weight excluding hydrogens is 362 g/mol. The second kappa shape index (κ2) is 8.46. The summed E-state index contributed by atoms with van der Waals surface area (Å²) < 4.78 is 11.1. The Morgan fingerprint density at radius 3 is 2.64 bits per heavy atom. The summed E-state index contributed by atoms with van der Waals surface area (Å²) in [5, 5.41) is 12.5. The molecule has 7 nitrogen and oxygen atoms in total. The van der Waals surface area contributed by atoms with Crippen molar-refractivity contribution in [2.75, 3.05) is 6.61 Å². The highest BCUT2D eigenvalue weighted by molar-refractivity contribution is 5.87. The third-order valence-electron chi connectivity index (χ3n) is 5.16. The molecule has 0 spiro atoms. The molecule has 28 heavy (non-hydrogen) atoms. The second-order valence-electron chi connectivity index (χ2n) is 7.15. The number of aliphatic carboxylic acids is 1. The first kappa shape index (κ1) is 19.9. The third kappa shape index (κ3) is 4.03. The maximum absolute atomic E-state index is 12.3. The van der Waals surface area contributed by atoms with Gasteiger partial charge in [-0.25, -0.2) is 9.59 Å². The van der Waals surface area contributed by atoms with Crippen LogP contribution in [0.25, 0.3) is 11.0 Å². The molecule has 0 saturated heterocycles. The third-order valence-corrected chi connectivity index (χ3v) is 5.16. The zero-order valence-electron chi connectivity index (χ0n) is 16.2. The van der Waals surface area contributed by atoms with Crippen molar-refractivity contribution < 1.29 is 23.8 Å². The Balaban J connectivity index is 1.79. The van der Waals surface area contributed by atoms with E-state index in [0.717, 1.165) is 42.2 Å². The van der Waals surface area contributed by atoms with Crippen LogP contribution in [0.5, 0.6) is 5.75 Å². The maximum atomic E-state index is 12.3. The molecule has 2 N–H and O–H groups in total. The normalized spacial score (nSPS) is 14.4. The van der Waals surface area contributed by atoms with Crippen molar-refractivity contribution in [1.82, 2.24) is 5.32 Å². The first-order valence-corrected chi connectivity index (χ1v) is 9.65. The van der Waals surface area contributed by atoms with Crippen LogP contribution in [0.2, 0.25) is 0 Å². The van der Waals surface area contributed by atoms with Crippen molar-refractivity contribution in [2.45, 2.75) is 58.4 Å². The fraction of sp³-hybridized carbons (Fsp3) is 0.476. The zero-order valence-corrected chi connectivity index (χ0v) is 16.2. The Kier molecular flexibility index (Phi) is 6.02. The van der Waals surface area contributed by atoms with Crippen LogP contribution in [0.15, 0.2) is 21.3 Å².